The van der Waals surface area contributed by atoms with Crippen LogP contribution in [-0.2, 0) is 16.2 Å². The highest BCUT2D eigenvalue weighted by molar-refractivity contribution is 6.39. The van der Waals surface area contributed by atoms with Crippen molar-refractivity contribution in [1.82, 2.24) is 5.32 Å². The Morgan fingerprint density at radius 2 is 1.74 bits per heavy atom. The van der Waals surface area contributed by atoms with Crippen LogP contribution in [0.4, 0.5) is 10.5 Å². The smallest absolute Gasteiger partial charge is 0.335 e. The van der Waals surface area contributed by atoms with Crippen molar-refractivity contribution in [1.29, 1.82) is 0 Å². The summed E-state index contributed by atoms with van der Waals surface area (Å²) in [6.45, 7) is 2.01. The average Bonchev–Trinajstić information content (AvgIpc) is 2.77. The number of imide groups is 2. The predicted molar refractivity (Wildman–Crippen MR) is 132 cm³/mol. The van der Waals surface area contributed by atoms with Crippen LogP contribution in [-0.4, -0.2) is 17.8 Å². The van der Waals surface area contributed by atoms with E-state index in [9.17, 15) is 14.4 Å². The van der Waals surface area contributed by atoms with Gasteiger partial charge >= 0.3 is 6.03 Å². The Labute approximate surface area is 210 Å². The number of benzene rings is 3. The molecule has 3 aromatic rings. The molecule has 1 heterocycles. The first-order valence-electron chi connectivity index (χ1n) is 10.1. The van der Waals surface area contributed by atoms with Crippen LogP contribution in [0.3, 0.4) is 0 Å². The number of hydrogen-bond donors (Lipinski definition) is 1. The van der Waals surface area contributed by atoms with Crippen molar-refractivity contribution in [2.75, 3.05) is 4.90 Å². The van der Waals surface area contributed by atoms with Gasteiger partial charge in [-0.2, -0.15) is 0 Å². The molecular weight excluding hydrogens is 499 g/mol. The fourth-order valence-electron chi connectivity index (χ4n) is 3.34. The molecule has 3 aromatic carbocycles. The number of nitrogens with zero attached hydrogens (tertiary/aromatic N) is 1. The maximum atomic E-state index is 13.0. The minimum absolute atomic E-state index is 0.171. The Bertz CT molecular complexity index is 1350. The fraction of sp³-hybridized carbons (Fsp3) is 0.0800. The van der Waals surface area contributed by atoms with Crippen LogP contribution in [0.1, 0.15) is 16.7 Å². The number of carbonyl (C=O) groups is 3. The third kappa shape index (κ3) is 5.09. The van der Waals surface area contributed by atoms with E-state index in [0.717, 1.165) is 16.0 Å². The average molecular weight is 516 g/mol. The third-order valence-electron chi connectivity index (χ3n) is 5.03. The van der Waals surface area contributed by atoms with Gasteiger partial charge in [0.15, 0.2) is 0 Å². The van der Waals surface area contributed by atoms with Gasteiger partial charge in [-0.25, -0.2) is 9.69 Å². The van der Waals surface area contributed by atoms with Gasteiger partial charge in [0.05, 0.1) is 10.7 Å². The Balaban J connectivity index is 1.56. The summed E-state index contributed by atoms with van der Waals surface area (Å²) >= 11 is 18.4. The second kappa shape index (κ2) is 9.89. The first-order valence-corrected chi connectivity index (χ1v) is 11.2. The van der Waals surface area contributed by atoms with Crippen molar-refractivity contribution < 1.29 is 19.1 Å². The molecule has 4 amide bonds. The van der Waals surface area contributed by atoms with E-state index in [-0.39, 0.29) is 17.2 Å². The summed E-state index contributed by atoms with van der Waals surface area (Å²) in [6.07, 6.45) is 1.37. The number of carbonyl (C=O) groups excluding carboxylic acids is 3. The van der Waals surface area contributed by atoms with Crippen LogP contribution in [0.15, 0.2) is 66.2 Å². The monoisotopic (exact) mass is 514 g/mol. The van der Waals surface area contributed by atoms with Gasteiger partial charge in [0.1, 0.15) is 17.9 Å². The number of hydrogen-bond acceptors (Lipinski definition) is 4. The quantitative estimate of drug-likeness (QED) is 0.324. The zero-order chi connectivity index (χ0) is 24.4. The molecular formula is C25H17Cl3N2O4. The molecule has 1 fully saturated rings. The van der Waals surface area contributed by atoms with E-state index in [1.165, 1.54) is 6.08 Å². The SMILES string of the molecule is Cc1cccc(N2C(=O)NC(=O)/C(=C\c3ccc(OCc4ccc(Cl)cc4Cl)c(Cl)c3)C2=O)c1. The van der Waals surface area contributed by atoms with Gasteiger partial charge in [0.2, 0.25) is 0 Å². The number of anilines is 1. The van der Waals surface area contributed by atoms with E-state index in [0.29, 0.717) is 27.0 Å². The Kier molecular flexibility index (Phi) is 6.93. The Hall–Kier alpha value is -3.32. The minimum Gasteiger partial charge on any atom is -0.487 e. The summed E-state index contributed by atoms with van der Waals surface area (Å²) < 4.78 is 5.75. The Morgan fingerprint density at radius 1 is 0.941 bits per heavy atom. The van der Waals surface area contributed by atoms with Crippen LogP contribution < -0.4 is 15.0 Å². The second-order valence-corrected chi connectivity index (χ2v) is 8.76. The zero-order valence-corrected chi connectivity index (χ0v) is 20.0. The number of amides is 4. The molecule has 0 aromatic heterocycles. The molecule has 0 saturated carbocycles. The van der Waals surface area contributed by atoms with E-state index < -0.39 is 17.8 Å². The molecule has 34 heavy (non-hydrogen) atoms. The lowest BCUT2D eigenvalue weighted by molar-refractivity contribution is -0.122. The largest absolute Gasteiger partial charge is 0.487 e. The highest BCUT2D eigenvalue weighted by Crippen LogP contribution is 2.30. The highest BCUT2D eigenvalue weighted by Gasteiger charge is 2.36. The normalized spacial score (nSPS) is 15.0. The molecule has 9 heteroatoms. The minimum atomic E-state index is -0.805. The molecule has 6 nitrogen and oxygen atoms in total. The number of urea groups is 1. The van der Waals surface area contributed by atoms with E-state index >= 15 is 0 Å². The topological polar surface area (TPSA) is 75.7 Å². The van der Waals surface area contributed by atoms with E-state index in [4.69, 9.17) is 39.5 Å². The molecule has 1 saturated heterocycles. The predicted octanol–water partition coefficient (Wildman–Crippen LogP) is 6.20. The molecule has 0 unspecified atom stereocenters. The molecule has 0 aliphatic carbocycles. The number of aryl methyl sites for hydroxylation is 1. The summed E-state index contributed by atoms with van der Waals surface area (Å²) in [5.41, 5.74) is 2.25. The second-order valence-electron chi connectivity index (χ2n) is 7.51. The van der Waals surface area contributed by atoms with Crippen molar-refractivity contribution in [3.8, 4) is 5.75 Å². The van der Waals surface area contributed by atoms with Crippen molar-refractivity contribution in [2.45, 2.75) is 13.5 Å². The molecule has 0 atom stereocenters. The van der Waals surface area contributed by atoms with Crippen LogP contribution in [0, 0.1) is 6.92 Å². The fourth-order valence-corrected chi connectivity index (χ4v) is 4.05. The van der Waals surface area contributed by atoms with E-state index in [1.54, 1.807) is 54.6 Å². The standard InChI is InChI=1S/C25H17Cl3N2O4/c1-14-3-2-4-18(9-14)30-24(32)19(23(31)29-25(30)33)10-15-5-8-22(21(28)11-15)34-13-16-6-7-17(26)12-20(16)27/h2-12H,13H2,1H3,(H,29,31,33)/b19-10+. The maximum Gasteiger partial charge on any atom is 0.335 e. The van der Waals surface area contributed by atoms with Gasteiger partial charge in [-0.1, -0.05) is 59.1 Å². The van der Waals surface area contributed by atoms with Gasteiger partial charge in [-0.15, -0.1) is 0 Å². The lowest BCUT2D eigenvalue weighted by Crippen LogP contribution is -2.54. The molecule has 1 N–H and O–H groups in total. The Morgan fingerprint density at radius 3 is 2.44 bits per heavy atom. The van der Waals surface area contributed by atoms with Gasteiger partial charge < -0.3 is 4.74 Å². The van der Waals surface area contributed by atoms with Crippen LogP contribution in [0.25, 0.3) is 6.08 Å². The van der Waals surface area contributed by atoms with Gasteiger partial charge in [0, 0.05) is 15.6 Å². The number of nitrogens with one attached hydrogen (secondary N) is 1. The summed E-state index contributed by atoms with van der Waals surface area (Å²) in [4.78, 5) is 38.7. The van der Waals surface area contributed by atoms with E-state index in [2.05, 4.69) is 5.32 Å². The molecule has 1 aliphatic heterocycles. The lowest BCUT2D eigenvalue weighted by atomic mass is 10.1. The van der Waals surface area contributed by atoms with Gasteiger partial charge in [-0.3, -0.25) is 14.9 Å². The zero-order valence-electron chi connectivity index (χ0n) is 17.8. The number of ether oxygens (including phenoxy) is 1. The van der Waals surface area contributed by atoms with Crippen molar-refractivity contribution in [3.05, 3.63) is 98.0 Å². The van der Waals surface area contributed by atoms with Crippen molar-refractivity contribution >= 4 is 64.4 Å². The molecule has 1 aliphatic rings. The first kappa shape index (κ1) is 23.8. The lowest BCUT2D eigenvalue weighted by Gasteiger charge is -2.26. The van der Waals surface area contributed by atoms with Crippen molar-refractivity contribution in [2.24, 2.45) is 0 Å². The van der Waals surface area contributed by atoms with Crippen LogP contribution >= 0.6 is 34.8 Å². The number of halogens is 3. The van der Waals surface area contributed by atoms with Crippen LogP contribution in [0.5, 0.6) is 5.75 Å². The number of barbiturate groups is 1. The van der Waals surface area contributed by atoms with E-state index in [1.807, 2.05) is 13.0 Å². The number of rotatable bonds is 5. The van der Waals surface area contributed by atoms with Gasteiger partial charge in [0.25, 0.3) is 11.8 Å². The first-order chi connectivity index (χ1) is 16.2. The molecule has 0 spiro atoms. The molecule has 4 rings (SSSR count). The summed E-state index contributed by atoms with van der Waals surface area (Å²) in [7, 11) is 0. The molecule has 0 radical (unpaired) electrons. The summed E-state index contributed by atoms with van der Waals surface area (Å²) in [6, 6.07) is 16.0. The van der Waals surface area contributed by atoms with Crippen molar-refractivity contribution in [3.63, 3.8) is 0 Å². The summed E-state index contributed by atoms with van der Waals surface area (Å²) in [5.74, 6) is -1.12. The summed E-state index contributed by atoms with van der Waals surface area (Å²) in [5, 5.41) is 3.47. The van der Waals surface area contributed by atoms with Gasteiger partial charge in [-0.05, 0) is 60.5 Å². The third-order valence-corrected chi connectivity index (χ3v) is 5.91. The van der Waals surface area contributed by atoms with Crippen LogP contribution in [0.2, 0.25) is 15.1 Å². The highest BCUT2D eigenvalue weighted by atomic mass is 35.5. The molecule has 0 bridgehead atoms. The maximum absolute atomic E-state index is 13.0. The molecule has 172 valence electrons.